The van der Waals surface area contributed by atoms with E-state index < -0.39 is 11.9 Å². The van der Waals surface area contributed by atoms with E-state index in [0.29, 0.717) is 60.8 Å². The molecule has 35 heavy (non-hydrogen) atoms. The maximum atomic E-state index is 16.2. The smallest absolute Gasteiger partial charge is 0.222 e. The van der Waals surface area contributed by atoms with Gasteiger partial charge in [-0.15, -0.1) is 0 Å². The first-order valence-corrected chi connectivity index (χ1v) is 12.7. The van der Waals surface area contributed by atoms with Crippen molar-refractivity contribution < 1.29 is 14.3 Å². The quantitative estimate of drug-likeness (QED) is 0.573. The lowest BCUT2D eigenvalue weighted by atomic mass is 9.71. The van der Waals surface area contributed by atoms with Crippen LogP contribution in [0.4, 0.5) is 10.2 Å². The molecule has 2 aromatic carbocycles. The summed E-state index contributed by atoms with van der Waals surface area (Å²) in [6.07, 6.45) is 2.72. The minimum Gasteiger partial charge on any atom is -0.392 e. The minimum absolute atomic E-state index is 0.169. The van der Waals surface area contributed by atoms with Crippen LogP contribution in [0.2, 0.25) is 5.02 Å². The van der Waals surface area contributed by atoms with Gasteiger partial charge in [0.2, 0.25) is 5.91 Å². The van der Waals surface area contributed by atoms with Gasteiger partial charge in [-0.2, -0.15) is 0 Å². The molecule has 3 aromatic rings. The van der Waals surface area contributed by atoms with Crippen molar-refractivity contribution in [2.45, 2.75) is 45.1 Å². The molecular formula is C27H30ClFN4O2. The number of benzene rings is 2. The molecule has 8 heteroatoms. The lowest BCUT2D eigenvalue weighted by Gasteiger charge is -2.37. The Morgan fingerprint density at radius 1 is 1.20 bits per heavy atom. The standard InChI is InChI=1S/C27H30ClFN4O2/c1-3-6-22(35)32-9-11-33(12-10-32)27-19-14-20(28)24(25(29)26(19)30-15-31-27)23-16(2)21(34)13-17-7-4-5-8-18(17)23/h4-5,7-8,14-16,21,23,34H,3,6,9-13H2,1-2H3/t16-,21-,23-/m0/s1. The van der Waals surface area contributed by atoms with Crippen LogP contribution in [-0.2, 0) is 11.2 Å². The van der Waals surface area contributed by atoms with Crippen LogP contribution in [0.15, 0.2) is 36.7 Å². The molecule has 6 nitrogen and oxygen atoms in total. The van der Waals surface area contributed by atoms with Gasteiger partial charge in [-0.25, -0.2) is 14.4 Å². The van der Waals surface area contributed by atoms with E-state index in [1.807, 2.05) is 43.0 Å². The molecule has 0 unspecified atom stereocenters. The first-order valence-electron chi connectivity index (χ1n) is 12.3. The largest absolute Gasteiger partial charge is 0.392 e. The zero-order valence-corrected chi connectivity index (χ0v) is 20.8. The van der Waals surface area contributed by atoms with E-state index in [9.17, 15) is 9.90 Å². The summed E-state index contributed by atoms with van der Waals surface area (Å²) in [6, 6.07) is 9.61. The predicted molar refractivity (Wildman–Crippen MR) is 135 cm³/mol. The number of carbonyl (C=O) groups is 1. The summed E-state index contributed by atoms with van der Waals surface area (Å²) in [5.74, 6) is -0.249. The van der Waals surface area contributed by atoms with E-state index in [2.05, 4.69) is 14.9 Å². The minimum atomic E-state index is -0.589. The van der Waals surface area contributed by atoms with Gasteiger partial charge in [0.05, 0.1) is 6.10 Å². The van der Waals surface area contributed by atoms with Crippen molar-refractivity contribution in [3.05, 3.63) is 64.2 Å². The molecule has 0 bridgehead atoms. The van der Waals surface area contributed by atoms with Gasteiger partial charge in [0.1, 0.15) is 17.7 Å². The van der Waals surface area contributed by atoms with Crippen molar-refractivity contribution in [3.63, 3.8) is 0 Å². The Morgan fingerprint density at radius 3 is 2.69 bits per heavy atom. The van der Waals surface area contributed by atoms with Gasteiger partial charge in [-0.3, -0.25) is 4.79 Å². The monoisotopic (exact) mass is 496 g/mol. The van der Waals surface area contributed by atoms with Crippen LogP contribution in [0.5, 0.6) is 0 Å². The highest BCUT2D eigenvalue weighted by atomic mass is 35.5. The van der Waals surface area contributed by atoms with Gasteiger partial charge in [0.15, 0.2) is 5.82 Å². The SMILES string of the molecule is CCCC(=O)N1CCN(c2ncnc3c(F)c([C@@H]4c5ccccc5C[C@H](O)[C@@H]4C)c(Cl)cc23)CC1. The van der Waals surface area contributed by atoms with Gasteiger partial charge >= 0.3 is 0 Å². The zero-order valence-electron chi connectivity index (χ0n) is 20.0. The fraction of sp³-hybridized carbons (Fsp3) is 0.444. The van der Waals surface area contributed by atoms with Gasteiger partial charge in [-0.05, 0) is 36.0 Å². The third-order valence-corrected chi connectivity index (χ3v) is 7.81. The summed E-state index contributed by atoms with van der Waals surface area (Å²) >= 11 is 6.78. The predicted octanol–water partition coefficient (Wildman–Crippen LogP) is 4.56. The molecule has 1 aliphatic heterocycles. The molecule has 1 saturated heterocycles. The summed E-state index contributed by atoms with van der Waals surface area (Å²) < 4.78 is 16.2. The molecule has 1 fully saturated rings. The average molecular weight is 497 g/mol. The number of fused-ring (bicyclic) bond motifs is 2. The molecular weight excluding hydrogens is 467 g/mol. The summed E-state index contributed by atoms with van der Waals surface area (Å²) in [7, 11) is 0. The number of anilines is 1. The highest BCUT2D eigenvalue weighted by Gasteiger charge is 2.37. The van der Waals surface area contributed by atoms with Crippen molar-refractivity contribution in [3.8, 4) is 0 Å². The molecule has 3 atom stereocenters. The molecule has 0 radical (unpaired) electrons. The highest BCUT2D eigenvalue weighted by Crippen LogP contribution is 2.46. The molecule has 5 rings (SSSR count). The van der Waals surface area contributed by atoms with E-state index in [1.165, 1.54) is 6.33 Å². The van der Waals surface area contributed by atoms with Crippen LogP contribution < -0.4 is 4.90 Å². The molecule has 2 heterocycles. The fourth-order valence-corrected chi connectivity index (χ4v) is 5.88. The third kappa shape index (κ3) is 4.25. The molecule has 0 saturated carbocycles. The molecule has 1 amide bonds. The van der Waals surface area contributed by atoms with Crippen molar-refractivity contribution in [2.75, 3.05) is 31.1 Å². The van der Waals surface area contributed by atoms with Gasteiger partial charge in [0.25, 0.3) is 0 Å². The van der Waals surface area contributed by atoms with Crippen LogP contribution in [-0.4, -0.2) is 58.2 Å². The van der Waals surface area contributed by atoms with Crippen molar-refractivity contribution >= 4 is 34.2 Å². The van der Waals surface area contributed by atoms with E-state index in [0.717, 1.165) is 17.5 Å². The molecule has 1 aromatic heterocycles. The Hall–Kier alpha value is -2.77. The molecule has 2 aliphatic rings. The zero-order chi connectivity index (χ0) is 24.7. The second-order valence-corrected chi connectivity index (χ2v) is 10.0. The maximum Gasteiger partial charge on any atom is 0.222 e. The number of nitrogens with zero attached hydrogens (tertiary/aromatic N) is 4. The lowest BCUT2D eigenvalue weighted by Crippen LogP contribution is -2.49. The summed E-state index contributed by atoms with van der Waals surface area (Å²) in [5.41, 5.74) is 2.60. The normalized spacial score (nSPS) is 22.4. The number of rotatable bonds is 4. The van der Waals surface area contributed by atoms with Crippen LogP contribution in [0.25, 0.3) is 10.9 Å². The Bertz CT molecular complexity index is 1260. The number of halogens is 2. The number of amides is 1. The molecule has 1 N–H and O–H groups in total. The second-order valence-electron chi connectivity index (χ2n) is 9.60. The van der Waals surface area contributed by atoms with Crippen LogP contribution >= 0.6 is 11.6 Å². The van der Waals surface area contributed by atoms with Crippen molar-refractivity contribution in [2.24, 2.45) is 5.92 Å². The van der Waals surface area contributed by atoms with E-state index in [-0.39, 0.29) is 23.3 Å². The molecule has 184 valence electrons. The van der Waals surface area contributed by atoms with Gasteiger partial charge in [-0.1, -0.05) is 49.7 Å². The first-order chi connectivity index (χ1) is 16.9. The second kappa shape index (κ2) is 9.70. The van der Waals surface area contributed by atoms with Gasteiger partial charge < -0.3 is 14.9 Å². The van der Waals surface area contributed by atoms with E-state index in [4.69, 9.17) is 11.6 Å². The maximum absolute atomic E-state index is 16.2. The van der Waals surface area contributed by atoms with E-state index in [1.54, 1.807) is 6.07 Å². The Morgan fingerprint density at radius 2 is 1.94 bits per heavy atom. The number of piperazine rings is 1. The summed E-state index contributed by atoms with van der Waals surface area (Å²) in [6.45, 7) is 6.38. The summed E-state index contributed by atoms with van der Waals surface area (Å²) in [5, 5.41) is 11.6. The topological polar surface area (TPSA) is 69.6 Å². The van der Waals surface area contributed by atoms with Crippen LogP contribution in [0.1, 0.15) is 49.3 Å². The number of aliphatic hydroxyl groups is 1. The fourth-order valence-electron chi connectivity index (χ4n) is 5.57. The highest BCUT2D eigenvalue weighted by molar-refractivity contribution is 6.32. The Kier molecular flexibility index (Phi) is 6.64. The number of aromatic nitrogens is 2. The molecule has 0 spiro atoms. The summed E-state index contributed by atoms with van der Waals surface area (Å²) in [4.78, 5) is 25.0. The van der Waals surface area contributed by atoms with Crippen molar-refractivity contribution in [1.82, 2.24) is 14.9 Å². The number of hydrogen-bond acceptors (Lipinski definition) is 5. The van der Waals surface area contributed by atoms with E-state index >= 15 is 4.39 Å². The molecule has 1 aliphatic carbocycles. The average Bonchev–Trinajstić information content (AvgIpc) is 2.86. The number of carbonyl (C=O) groups excluding carboxylic acids is 1. The Balaban J connectivity index is 1.53. The Labute approximate surface area is 209 Å². The number of aliphatic hydroxyl groups excluding tert-OH is 1. The first kappa shape index (κ1) is 23.9. The van der Waals surface area contributed by atoms with Crippen LogP contribution in [0, 0.1) is 11.7 Å². The van der Waals surface area contributed by atoms with Crippen molar-refractivity contribution in [1.29, 1.82) is 0 Å². The third-order valence-electron chi connectivity index (χ3n) is 7.49. The lowest BCUT2D eigenvalue weighted by molar-refractivity contribution is -0.131. The number of hydrogen-bond donors (Lipinski definition) is 1. The van der Waals surface area contributed by atoms with Gasteiger partial charge in [0, 0.05) is 54.5 Å². The van der Waals surface area contributed by atoms with Crippen LogP contribution in [0.3, 0.4) is 0 Å².